The fraction of sp³-hybridized carbons (Fsp3) is 0.364. The molecule has 0 saturated carbocycles. The van der Waals surface area contributed by atoms with E-state index in [2.05, 4.69) is 5.32 Å². The molecule has 0 bridgehead atoms. The lowest BCUT2D eigenvalue weighted by Gasteiger charge is -2.27. The quantitative estimate of drug-likeness (QED) is 0.679. The van der Waals surface area contributed by atoms with Crippen molar-refractivity contribution >= 4 is 5.97 Å². The zero-order valence-electron chi connectivity index (χ0n) is 8.07. The van der Waals surface area contributed by atoms with Gasteiger partial charge in [0, 0.05) is 6.04 Å². The van der Waals surface area contributed by atoms with E-state index in [1.165, 1.54) is 0 Å². The van der Waals surface area contributed by atoms with Gasteiger partial charge in [0.15, 0.2) is 0 Å². The van der Waals surface area contributed by atoms with Gasteiger partial charge in [0.2, 0.25) is 0 Å². The molecule has 0 unspecified atom stereocenters. The van der Waals surface area contributed by atoms with E-state index in [1.807, 2.05) is 37.3 Å². The summed E-state index contributed by atoms with van der Waals surface area (Å²) in [5.74, 6) is -0.186. The molecule has 1 saturated heterocycles. The van der Waals surface area contributed by atoms with Crippen LogP contribution in [0.1, 0.15) is 18.5 Å². The normalized spacial score (nSPS) is 27.1. The molecule has 0 radical (unpaired) electrons. The van der Waals surface area contributed by atoms with E-state index in [9.17, 15) is 4.79 Å². The second kappa shape index (κ2) is 3.80. The third-order valence-electron chi connectivity index (χ3n) is 2.30. The number of carbonyl (C=O) groups is 1. The van der Waals surface area contributed by atoms with Crippen LogP contribution in [0, 0.1) is 0 Å². The highest BCUT2D eigenvalue weighted by Crippen LogP contribution is 2.18. The molecular weight excluding hydrogens is 178 g/mol. The summed E-state index contributed by atoms with van der Waals surface area (Å²) >= 11 is 0. The minimum absolute atomic E-state index is 0.186. The summed E-state index contributed by atoms with van der Waals surface area (Å²) < 4.78 is 5.06. The SMILES string of the molecule is C[C@@H]1COC(=O)[C@@H](c2ccccc2)N1. The van der Waals surface area contributed by atoms with Crippen LogP contribution in [0.2, 0.25) is 0 Å². The van der Waals surface area contributed by atoms with Gasteiger partial charge in [0.05, 0.1) is 0 Å². The van der Waals surface area contributed by atoms with E-state index in [-0.39, 0.29) is 18.1 Å². The lowest BCUT2D eigenvalue weighted by atomic mass is 10.1. The summed E-state index contributed by atoms with van der Waals surface area (Å²) in [5.41, 5.74) is 0.962. The highest BCUT2D eigenvalue weighted by Gasteiger charge is 2.28. The monoisotopic (exact) mass is 191 g/mol. The van der Waals surface area contributed by atoms with Crippen LogP contribution in [0.4, 0.5) is 0 Å². The van der Waals surface area contributed by atoms with Crippen molar-refractivity contribution in [3.8, 4) is 0 Å². The molecule has 1 aliphatic heterocycles. The number of hydrogen-bond donors (Lipinski definition) is 1. The third kappa shape index (κ3) is 1.77. The topological polar surface area (TPSA) is 38.3 Å². The molecular formula is C11H13NO2. The predicted octanol–water partition coefficient (Wildman–Crippen LogP) is 1.26. The second-order valence-corrected chi connectivity index (χ2v) is 3.54. The average Bonchev–Trinajstić information content (AvgIpc) is 2.23. The number of benzene rings is 1. The van der Waals surface area contributed by atoms with Gasteiger partial charge in [-0.25, -0.2) is 4.79 Å². The Labute approximate surface area is 83.1 Å². The number of carbonyl (C=O) groups excluding carboxylic acids is 1. The largest absolute Gasteiger partial charge is 0.463 e. The highest BCUT2D eigenvalue weighted by atomic mass is 16.5. The molecule has 2 rings (SSSR count). The molecule has 2 atom stereocenters. The van der Waals surface area contributed by atoms with Crippen LogP contribution in [-0.2, 0) is 9.53 Å². The van der Waals surface area contributed by atoms with Crippen LogP contribution >= 0.6 is 0 Å². The van der Waals surface area contributed by atoms with Crippen molar-refractivity contribution in [2.24, 2.45) is 0 Å². The Morgan fingerprint density at radius 2 is 2.07 bits per heavy atom. The smallest absolute Gasteiger partial charge is 0.327 e. The summed E-state index contributed by atoms with van der Waals surface area (Å²) in [4.78, 5) is 11.5. The van der Waals surface area contributed by atoms with Crippen molar-refractivity contribution in [1.29, 1.82) is 0 Å². The second-order valence-electron chi connectivity index (χ2n) is 3.54. The number of cyclic esters (lactones) is 1. The molecule has 1 N–H and O–H groups in total. The lowest BCUT2D eigenvalue weighted by molar-refractivity contribution is -0.151. The first-order valence-electron chi connectivity index (χ1n) is 4.75. The Kier molecular flexibility index (Phi) is 2.50. The Balaban J connectivity index is 2.20. The molecule has 1 fully saturated rings. The summed E-state index contributed by atoms with van der Waals surface area (Å²) in [6, 6.07) is 9.54. The first-order valence-corrected chi connectivity index (χ1v) is 4.75. The lowest BCUT2D eigenvalue weighted by Crippen LogP contribution is -2.44. The maximum atomic E-state index is 11.5. The molecule has 1 aliphatic rings. The van der Waals surface area contributed by atoms with Gasteiger partial charge in [-0.05, 0) is 12.5 Å². The molecule has 14 heavy (non-hydrogen) atoms. The van der Waals surface area contributed by atoms with E-state index in [0.717, 1.165) is 5.56 Å². The number of rotatable bonds is 1. The molecule has 74 valence electrons. The minimum Gasteiger partial charge on any atom is -0.463 e. The number of morpholine rings is 1. The Morgan fingerprint density at radius 3 is 2.79 bits per heavy atom. The van der Waals surface area contributed by atoms with E-state index >= 15 is 0 Å². The molecule has 0 aromatic heterocycles. The first kappa shape index (κ1) is 9.21. The van der Waals surface area contributed by atoms with E-state index < -0.39 is 0 Å². The maximum absolute atomic E-state index is 11.5. The predicted molar refractivity (Wildman–Crippen MR) is 52.7 cm³/mol. The van der Waals surface area contributed by atoms with Crippen LogP contribution in [0.5, 0.6) is 0 Å². The average molecular weight is 191 g/mol. The zero-order valence-corrected chi connectivity index (χ0v) is 8.07. The van der Waals surface area contributed by atoms with E-state index in [1.54, 1.807) is 0 Å². The van der Waals surface area contributed by atoms with Gasteiger partial charge < -0.3 is 4.74 Å². The maximum Gasteiger partial charge on any atom is 0.327 e. The molecule has 3 nitrogen and oxygen atoms in total. The van der Waals surface area contributed by atoms with Crippen molar-refractivity contribution in [3.63, 3.8) is 0 Å². The fourth-order valence-corrected chi connectivity index (χ4v) is 1.57. The van der Waals surface area contributed by atoms with Gasteiger partial charge in [-0.15, -0.1) is 0 Å². The summed E-state index contributed by atoms with van der Waals surface area (Å²) in [5, 5.41) is 3.21. The molecule has 1 heterocycles. The van der Waals surface area contributed by atoms with Crippen LogP contribution in [-0.4, -0.2) is 18.6 Å². The van der Waals surface area contributed by atoms with Gasteiger partial charge in [-0.3, -0.25) is 5.32 Å². The van der Waals surface area contributed by atoms with Gasteiger partial charge >= 0.3 is 5.97 Å². The third-order valence-corrected chi connectivity index (χ3v) is 2.30. The van der Waals surface area contributed by atoms with Gasteiger partial charge in [0.1, 0.15) is 12.6 Å². The van der Waals surface area contributed by atoms with Crippen LogP contribution in [0.15, 0.2) is 30.3 Å². The number of ether oxygens (including phenoxy) is 1. The highest BCUT2D eigenvalue weighted by molar-refractivity contribution is 5.78. The minimum atomic E-state index is -0.306. The van der Waals surface area contributed by atoms with E-state index in [0.29, 0.717) is 6.61 Å². The Hall–Kier alpha value is -1.35. The number of esters is 1. The molecule has 1 aromatic carbocycles. The number of nitrogens with one attached hydrogen (secondary N) is 1. The van der Waals surface area contributed by atoms with Crippen LogP contribution in [0.25, 0.3) is 0 Å². The van der Waals surface area contributed by atoms with Gasteiger partial charge in [-0.2, -0.15) is 0 Å². The van der Waals surface area contributed by atoms with Crippen molar-refractivity contribution in [2.45, 2.75) is 19.0 Å². The van der Waals surface area contributed by atoms with Crippen LogP contribution < -0.4 is 5.32 Å². The molecule has 0 amide bonds. The molecule has 1 aromatic rings. The first-order chi connectivity index (χ1) is 6.77. The summed E-state index contributed by atoms with van der Waals surface area (Å²) in [6.45, 7) is 2.46. The van der Waals surface area contributed by atoms with Crippen molar-refractivity contribution in [2.75, 3.05) is 6.61 Å². The summed E-state index contributed by atoms with van der Waals surface area (Å²) in [6.07, 6.45) is 0. The Bertz CT molecular complexity index is 323. The van der Waals surface area contributed by atoms with Gasteiger partial charge in [-0.1, -0.05) is 30.3 Å². The zero-order chi connectivity index (χ0) is 9.97. The van der Waals surface area contributed by atoms with Crippen molar-refractivity contribution in [3.05, 3.63) is 35.9 Å². The Morgan fingerprint density at radius 1 is 1.36 bits per heavy atom. The van der Waals surface area contributed by atoms with Crippen LogP contribution in [0.3, 0.4) is 0 Å². The summed E-state index contributed by atoms with van der Waals surface area (Å²) in [7, 11) is 0. The fourth-order valence-electron chi connectivity index (χ4n) is 1.57. The molecule has 0 spiro atoms. The molecule has 3 heteroatoms. The van der Waals surface area contributed by atoms with E-state index in [4.69, 9.17) is 4.74 Å². The number of hydrogen-bond acceptors (Lipinski definition) is 3. The standard InChI is InChI=1S/C11H13NO2/c1-8-7-14-11(13)10(12-8)9-5-3-2-4-6-9/h2-6,8,10,12H,7H2,1H3/t8-,10-/m1/s1. The van der Waals surface area contributed by atoms with Crippen molar-refractivity contribution in [1.82, 2.24) is 5.32 Å². The molecule has 0 aliphatic carbocycles. The van der Waals surface area contributed by atoms with Gasteiger partial charge in [0.25, 0.3) is 0 Å². The van der Waals surface area contributed by atoms with Crippen molar-refractivity contribution < 1.29 is 9.53 Å².